The number of aryl methyl sites for hydroxylation is 1. The Bertz CT molecular complexity index is 893. The lowest BCUT2D eigenvalue weighted by molar-refractivity contribution is -0.130. The fourth-order valence-electron chi connectivity index (χ4n) is 4.92. The SMILES string of the molecule is CC(=O)N1C[C@H]2CN(Cc3ccc(C(=O)O)cc3)C[C@H]2[C@H]1c1ccccc1C. The molecule has 1 amide bonds. The minimum absolute atomic E-state index is 0.142. The highest BCUT2D eigenvalue weighted by molar-refractivity contribution is 5.87. The molecule has 2 aromatic carbocycles. The van der Waals surface area contributed by atoms with Gasteiger partial charge < -0.3 is 10.0 Å². The van der Waals surface area contributed by atoms with E-state index < -0.39 is 5.97 Å². The molecule has 5 heteroatoms. The summed E-state index contributed by atoms with van der Waals surface area (Å²) < 4.78 is 0. The van der Waals surface area contributed by atoms with Crippen LogP contribution in [0, 0.1) is 18.8 Å². The number of carboxylic acids is 1. The maximum Gasteiger partial charge on any atom is 0.335 e. The molecule has 2 aromatic rings. The van der Waals surface area contributed by atoms with Crippen molar-refractivity contribution in [1.29, 1.82) is 0 Å². The van der Waals surface area contributed by atoms with Gasteiger partial charge in [0.15, 0.2) is 0 Å². The maximum atomic E-state index is 12.3. The zero-order valence-corrected chi connectivity index (χ0v) is 16.3. The Morgan fingerprint density at radius 3 is 2.39 bits per heavy atom. The summed E-state index contributed by atoms with van der Waals surface area (Å²) in [5.74, 6) is 0.168. The first-order chi connectivity index (χ1) is 13.4. The van der Waals surface area contributed by atoms with Crippen LogP contribution in [0.2, 0.25) is 0 Å². The van der Waals surface area contributed by atoms with E-state index in [-0.39, 0.29) is 11.9 Å². The fraction of sp³-hybridized carbons (Fsp3) is 0.391. The number of fused-ring (bicyclic) bond motifs is 1. The van der Waals surface area contributed by atoms with Crippen molar-refractivity contribution in [2.45, 2.75) is 26.4 Å². The predicted molar refractivity (Wildman–Crippen MR) is 107 cm³/mol. The molecule has 0 spiro atoms. The molecule has 0 saturated carbocycles. The van der Waals surface area contributed by atoms with Crippen molar-refractivity contribution in [2.75, 3.05) is 19.6 Å². The Labute approximate surface area is 165 Å². The van der Waals surface area contributed by atoms with E-state index in [2.05, 4.69) is 34.9 Å². The molecule has 0 aromatic heterocycles. The van der Waals surface area contributed by atoms with Gasteiger partial charge in [-0.1, -0.05) is 36.4 Å². The molecule has 3 atom stereocenters. The van der Waals surface area contributed by atoms with E-state index in [0.717, 1.165) is 31.7 Å². The third-order valence-electron chi connectivity index (χ3n) is 6.26. The molecule has 146 valence electrons. The molecular weight excluding hydrogens is 352 g/mol. The van der Waals surface area contributed by atoms with Crippen LogP contribution >= 0.6 is 0 Å². The number of hydrogen-bond donors (Lipinski definition) is 1. The highest BCUT2D eigenvalue weighted by atomic mass is 16.4. The van der Waals surface area contributed by atoms with E-state index in [1.165, 1.54) is 11.1 Å². The number of amides is 1. The van der Waals surface area contributed by atoms with Gasteiger partial charge in [-0.05, 0) is 41.7 Å². The number of aromatic carboxylic acids is 1. The molecule has 5 nitrogen and oxygen atoms in total. The van der Waals surface area contributed by atoms with Gasteiger partial charge in [-0.25, -0.2) is 4.79 Å². The van der Waals surface area contributed by atoms with Crippen molar-refractivity contribution >= 4 is 11.9 Å². The second-order valence-corrected chi connectivity index (χ2v) is 8.09. The second kappa shape index (κ2) is 7.40. The van der Waals surface area contributed by atoms with Crippen LogP contribution in [0.3, 0.4) is 0 Å². The monoisotopic (exact) mass is 378 g/mol. The topological polar surface area (TPSA) is 60.9 Å². The van der Waals surface area contributed by atoms with Gasteiger partial charge in [0, 0.05) is 39.0 Å². The highest BCUT2D eigenvalue weighted by Crippen LogP contribution is 2.46. The van der Waals surface area contributed by atoms with Crippen molar-refractivity contribution in [3.05, 3.63) is 70.8 Å². The number of hydrogen-bond acceptors (Lipinski definition) is 3. The number of carbonyl (C=O) groups is 2. The number of carbonyl (C=O) groups excluding carboxylic acids is 1. The van der Waals surface area contributed by atoms with Gasteiger partial charge in [-0.2, -0.15) is 0 Å². The number of carboxylic acid groups (broad SMARTS) is 1. The van der Waals surface area contributed by atoms with Crippen LogP contribution < -0.4 is 0 Å². The van der Waals surface area contributed by atoms with Crippen LogP contribution in [0.4, 0.5) is 0 Å². The van der Waals surface area contributed by atoms with Gasteiger partial charge in [0.05, 0.1) is 11.6 Å². The molecule has 0 bridgehead atoms. The first-order valence-electron chi connectivity index (χ1n) is 9.81. The van der Waals surface area contributed by atoms with Gasteiger partial charge in [-0.3, -0.25) is 9.69 Å². The smallest absolute Gasteiger partial charge is 0.335 e. The molecule has 0 unspecified atom stereocenters. The van der Waals surface area contributed by atoms with Crippen molar-refractivity contribution in [2.24, 2.45) is 11.8 Å². The minimum Gasteiger partial charge on any atom is -0.478 e. The molecule has 0 radical (unpaired) electrons. The van der Waals surface area contributed by atoms with E-state index in [4.69, 9.17) is 5.11 Å². The number of likely N-dealkylation sites (tertiary alicyclic amines) is 2. The van der Waals surface area contributed by atoms with E-state index >= 15 is 0 Å². The molecule has 0 aliphatic carbocycles. The van der Waals surface area contributed by atoms with E-state index in [0.29, 0.717) is 17.4 Å². The second-order valence-electron chi connectivity index (χ2n) is 8.09. The lowest BCUT2D eigenvalue weighted by Crippen LogP contribution is -2.34. The molecule has 2 heterocycles. The number of benzene rings is 2. The Morgan fingerprint density at radius 2 is 1.75 bits per heavy atom. The third kappa shape index (κ3) is 3.42. The van der Waals surface area contributed by atoms with Crippen LogP contribution in [0.5, 0.6) is 0 Å². The highest BCUT2D eigenvalue weighted by Gasteiger charge is 2.48. The lowest BCUT2D eigenvalue weighted by atomic mass is 9.87. The van der Waals surface area contributed by atoms with Crippen molar-refractivity contribution in [3.63, 3.8) is 0 Å². The maximum absolute atomic E-state index is 12.3. The number of rotatable bonds is 4. The first-order valence-corrected chi connectivity index (χ1v) is 9.81. The van der Waals surface area contributed by atoms with Crippen molar-refractivity contribution < 1.29 is 14.7 Å². The molecule has 2 fully saturated rings. The van der Waals surface area contributed by atoms with Crippen molar-refractivity contribution in [1.82, 2.24) is 9.80 Å². The average molecular weight is 378 g/mol. The molecule has 2 saturated heterocycles. The molecule has 4 rings (SSSR count). The largest absolute Gasteiger partial charge is 0.478 e. The third-order valence-corrected chi connectivity index (χ3v) is 6.26. The summed E-state index contributed by atoms with van der Waals surface area (Å²) in [7, 11) is 0. The van der Waals surface area contributed by atoms with Gasteiger partial charge in [0.25, 0.3) is 0 Å². The normalized spacial score (nSPS) is 24.4. The van der Waals surface area contributed by atoms with E-state index in [1.54, 1.807) is 19.1 Å². The fourth-order valence-corrected chi connectivity index (χ4v) is 4.92. The van der Waals surface area contributed by atoms with Crippen LogP contribution in [0.1, 0.15) is 40.0 Å². The predicted octanol–water partition coefficient (Wildman–Crippen LogP) is 3.34. The van der Waals surface area contributed by atoms with Gasteiger partial charge >= 0.3 is 5.97 Å². The van der Waals surface area contributed by atoms with Gasteiger partial charge in [0.1, 0.15) is 0 Å². The summed E-state index contributed by atoms with van der Waals surface area (Å²) in [6.07, 6.45) is 0. The summed E-state index contributed by atoms with van der Waals surface area (Å²) >= 11 is 0. The van der Waals surface area contributed by atoms with Gasteiger partial charge in [-0.15, -0.1) is 0 Å². The Hall–Kier alpha value is -2.66. The quantitative estimate of drug-likeness (QED) is 0.886. The lowest BCUT2D eigenvalue weighted by Gasteiger charge is -2.30. The summed E-state index contributed by atoms with van der Waals surface area (Å²) in [5.41, 5.74) is 3.94. The summed E-state index contributed by atoms with van der Waals surface area (Å²) in [5, 5.41) is 9.06. The first kappa shape index (κ1) is 18.7. The van der Waals surface area contributed by atoms with Crippen LogP contribution in [-0.4, -0.2) is 46.4 Å². The van der Waals surface area contributed by atoms with Crippen LogP contribution in [-0.2, 0) is 11.3 Å². The summed E-state index contributed by atoms with van der Waals surface area (Å²) in [6, 6.07) is 15.7. The molecule has 1 N–H and O–H groups in total. The van der Waals surface area contributed by atoms with Crippen LogP contribution in [0.25, 0.3) is 0 Å². The van der Waals surface area contributed by atoms with Gasteiger partial charge in [0.2, 0.25) is 5.91 Å². The number of nitrogens with zero attached hydrogens (tertiary/aromatic N) is 2. The Balaban J connectivity index is 1.52. The summed E-state index contributed by atoms with van der Waals surface area (Å²) in [4.78, 5) is 27.8. The molecular formula is C23H26N2O3. The van der Waals surface area contributed by atoms with E-state index in [9.17, 15) is 9.59 Å². The Kier molecular flexibility index (Phi) is 4.94. The minimum atomic E-state index is -0.896. The van der Waals surface area contributed by atoms with Crippen LogP contribution in [0.15, 0.2) is 48.5 Å². The molecule has 2 aliphatic rings. The zero-order chi connectivity index (χ0) is 19.8. The Morgan fingerprint density at radius 1 is 1.04 bits per heavy atom. The zero-order valence-electron chi connectivity index (χ0n) is 16.3. The standard InChI is InChI=1S/C23H26N2O3/c1-15-5-3-4-6-20(15)22-21-14-24(12-19(21)13-25(22)16(2)26)11-17-7-9-18(10-8-17)23(27)28/h3-10,19,21-22H,11-14H2,1-2H3,(H,27,28)/t19-,21-,22-/m1/s1. The van der Waals surface area contributed by atoms with E-state index in [1.807, 2.05) is 18.2 Å². The summed E-state index contributed by atoms with van der Waals surface area (Å²) in [6.45, 7) is 7.35. The average Bonchev–Trinajstić information content (AvgIpc) is 3.20. The van der Waals surface area contributed by atoms with Crippen molar-refractivity contribution in [3.8, 4) is 0 Å². The molecule has 2 aliphatic heterocycles. The molecule has 28 heavy (non-hydrogen) atoms.